The SMILES string of the molecule is CCCNC(=O)CCNC(=O)N[C@@H](C(=O)O)C(C)C. The normalized spacial score (nSPS) is 11.8. The fourth-order valence-corrected chi connectivity index (χ4v) is 1.35. The summed E-state index contributed by atoms with van der Waals surface area (Å²) in [6.07, 6.45) is 1.03. The molecule has 4 N–H and O–H groups in total. The predicted octanol–water partition coefficient (Wildman–Crippen LogP) is 0.311. The summed E-state index contributed by atoms with van der Waals surface area (Å²) in [6, 6.07) is -1.52. The van der Waals surface area contributed by atoms with Gasteiger partial charge in [0, 0.05) is 19.5 Å². The minimum atomic E-state index is -1.08. The number of carbonyl (C=O) groups is 3. The Morgan fingerprint density at radius 1 is 1.11 bits per heavy atom. The van der Waals surface area contributed by atoms with Crippen molar-refractivity contribution in [3.63, 3.8) is 0 Å². The smallest absolute Gasteiger partial charge is 0.326 e. The number of urea groups is 1. The van der Waals surface area contributed by atoms with Crippen LogP contribution in [0.2, 0.25) is 0 Å². The molecule has 110 valence electrons. The third-order valence-electron chi connectivity index (χ3n) is 2.43. The van der Waals surface area contributed by atoms with Crippen LogP contribution in [0.1, 0.15) is 33.6 Å². The molecule has 0 aromatic heterocycles. The molecule has 0 aromatic carbocycles. The Bertz CT molecular complexity index is 318. The molecular formula is C12H23N3O4. The number of hydrogen-bond acceptors (Lipinski definition) is 3. The van der Waals surface area contributed by atoms with Crippen LogP contribution >= 0.6 is 0 Å². The first-order valence-corrected chi connectivity index (χ1v) is 6.42. The molecule has 7 heteroatoms. The van der Waals surface area contributed by atoms with Crippen LogP contribution < -0.4 is 16.0 Å². The highest BCUT2D eigenvalue weighted by Crippen LogP contribution is 2.01. The van der Waals surface area contributed by atoms with Crippen molar-refractivity contribution in [2.24, 2.45) is 5.92 Å². The number of hydrogen-bond donors (Lipinski definition) is 4. The molecule has 7 nitrogen and oxygen atoms in total. The van der Waals surface area contributed by atoms with Crippen molar-refractivity contribution >= 4 is 17.9 Å². The van der Waals surface area contributed by atoms with Gasteiger partial charge in [0.25, 0.3) is 0 Å². The van der Waals surface area contributed by atoms with Crippen LogP contribution in [0.3, 0.4) is 0 Å². The van der Waals surface area contributed by atoms with Gasteiger partial charge in [-0.2, -0.15) is 0 Å². The number of nitrogens with one attached hydrogen (secondary N) is 3. The first-order chi connectivity index (χ1) is 8.88. The van der Waals surface area contributed by atoms with Crippen molar-refractivity contribution in [2.45, 2.75) is 39.7 Å². The average Bonchev–Trinajstić information content (AvgIpc) is 2.32. The number of carboxylic acids is 1. The lowest BCUT2D eigenvalue weighted by Crippen LogP contribution is -2.49. The molecule has 0 heterocycles. The lowest BCUT2D eigenvalue weighted by Gasteiger charge is -2.18. The molecule has 0 radical (unpaired) electrons. The van der Waals surface area contributed by atoms with E-state index in [0.717, 1.165) is 6.42 Å². The molecule has 1 atom stereocenters. The lowest BCUT2D eigenvalue weighted by molar-refractivity contribution is -0.140. The second kappa shape index (κ2) is 9.18. The quantitative estimate of drug-likeness (QED) is 0.510. The Labute approximate surface area is 113 Å². The largest absolute Gasteiger partial charge is 0.480 e. The van der Waals surface area contributed by atoms with E-state index in [-0.39, 0.29) is 24.8 Å². The van der Waals surface area contributed by atoms with E-state index in [9.17, 15) is 14.4 Å². The van der Waals surface area contributed by atoms with Gasteiger partial charge in [-0.1, -0.05) is 20.8 Å². The summed E-state index contributed by atoms with van der Waals surface area (Å²) in [7, 11) is 0. The summed E-state index contributed by atoms with van der Waals surface area (Å²) < 4.78 is 0. The van der Waals surface area contributed by atoms with Crippen molar-refractivity contribution < 1.29 is 19.5 Å². The number of aliphatic carboxylic acids is 1. The summed E-state index contributed by atoms with van der Waals surface area (Å²) >= 11 is 0. The van der Waals surface area contributed by atoms with Gasteiger partial charge in [-0.15, -0.1) is 0 Å². The monoisotopic (exact) mass is 273 g/mol. The van der Waals surface area contributed by atoms with E-state index in [1.165, 1.54) is 0 Å². The summed E-state index contributed by atoms with van der Waals surface area (Å²) in [6.45, 7) is 6.14. The molecule has 3 amide bonds. The molecular weight excluding hydrogens is 250 g/mol. The van der Waals surface area contributed by atoms with E-state index in [1.807, 2.05) is 6.92 Å². The minimum Gasteiger partial charge on any atom is -0.480 e. The fourth-order valence-electron chi connectivity index (χ4n) is 1.35. The highest BCUT2D eigenvalue weighted by atomic mass is 16.4. The highest BCUT2D eigenvalue weighted by Gasteiger charge is 2.23. The van der Waals surface area contributed by atoms with E-state index >= 15 is 0 Å². The Morgan fingerprint density at radius 2 is 1.74 bits per heavy atom. The van der Waals surface area contributed by atoms with Gasteiger partial charge >= 0.3 is 12.0 Å². The van der Waals surface area contributed by atoms with E-state index in [2.05, 4.69) is 16.0 Å². The van der Waals surface area contributed by atoms with Gasteiger partial charge in [0.15, 0.2) is 0 Å². The maximum Gasteiger partial charge on any atom is 0.326 e. The van der Waals surface area contributed by atoms with Gasteiger partial charge in [-0.25, -0.2) is 9.59 Å². The van der Waals surface area contributed by atoms with Crippen molar-refractivity contribution in [1.82, 2.24) is 16.0 Å². The minimum absolute atomic E-state index is 0.138. The van der Waals surface area contributed by atoms with E-state index < -0.39 is 18.0 Å². The van der Waals surface area contributed by atoms with Gasteiger partial charge in [-0.3, -0.25) is 4.79 Å². The second-order valence-electron chi connectivity index (χ2n) is 4.56. The van der Waals surface area contributed by atoms with Gasteiger partial charge < -0.3 is 21.1 Å². The molecule has 0 aliphatic heterocycles. The molecule has 0 aliphatic rings. The van der Waals surface area contributed by atoms with E-state index in [0.29, 0.717) is 6.54 Å². The number of rotatable bonds is 8. The van der Waals surface area contributed by atoms with Gasteiger partial charge in [-0.05, 0) is 12.3 Å². The number of carbonyl (C=O) groups excluding carboxylic acids is 2. The van der Waals surface area contributed by atoms with Crippen molar-refractivity contribution in [3.8, 4) is 0 Å². The Morgan fingerprint density at radius 3 is 2.21 bits per heavy atom. The Hall–Kier alpha value is -1.79. The number of amides is 3. The van der Waals surface area contributed by atoms with Crippen LogP contribution in [0, 0.1) is 5.92 Å². The third kappa shape index (κ3) is 8.01. The fraction of sp³-hybridized carbons (Fsp3) is 0.750. The zero-order chi connectivity index (χ0) is 14.8. The summed E-state index contributed by atoms with van der Waals surface area (Å²) in [5, 5.41) is 16.4. The van der Waals surface area contributed by atoms with Crippen LogP contribution in [0.5, 0.6) is 0 Å². The van der Waals surface area contributed by atoms with Crippen molar-refractivity contribution in [2.75, 3.05) is 13.1 Å². The maximum absolute atomic E-state index is 11.4. The zero-order valence-corrected chi connectivity index (χ0v) is 11.7. The Kier molecular flexibility index (Phi) is 8.32. The number of carboxylic acid groups (broad SMARTS) is 1. The van der Waals surface area contributed by atoms with Crippen LogP contribution in [0.25, 0.3) is 0 Å². The van der Waals surface area contributed by atoms with Crippen LogP contribution in [0.15, 0.2) is 0 Å². The molecule has 0 rings (SSSR count). The zero-order valence-electron chi connectivity index (χ0n) is 11.7. The molecule has 0 spiro atoms. The predicted molar refractivity (Wildman–Crippen MR) is 70.7 cm³/mol. The first-order valence-electron chi connectivity index (χ1n) is 6.42. The van der Waals surface area contributed by atoms with Crippen LogP contribution in [0.4, 0.5) is 4.79 Å². The molecule has 19 heavy (non-hydrogen) atoms. The molecule has 0 bridgehead atoms. The topological polar surface area (TPSA) is 108 Å². The van der Waals surface area contributed by atoms with Gasteiger partial charge in [0.2, 0.25) is 5.91 Å². The van der Waals surface area contributed by atoms with Gasteiger partial charge in [0.1, 0.15) is 6.04 Å². The van der Waals surface area contributed by atoms with Gasteiger partial charge in [0.05, 0.1) is 0 Å². The van der Waals surface area contributed by atoms with E-state index in [4.69, 9.17) is 5.11 Å². The van der Waals surface area contributed by atoms with Crippen molar-refractivity contribution in [3.05, 3.63) is 0 Å². The second-order valence-corrected chi connectivity index (χ2v) is 4.56. The molecule has 0 fully saturated rings. The molecule has 0 aliphatic carbocycles. The highest BCUT2D eigenvalue weighted by molar-refractivity contribution is 5.83. The van der Waals surface area contributed by atoms with Crippen molar-refractivity contribution in [1.29, 1.82) is 0 Å². The molecule has 0 unspecified atom stereocenters. The van der Waals surface area contributed by atoms with E-state index in [1.54, 1.807) is 13.8 Å². The maximum atomic E-state index is 11.4. The molecule has 0 saturated heterocycles. The average molecular weight is 273 g/mol. The van der Waals surface area contributed by atoms with Crippen LogP contribution in [-0.4, -0.2) is 42.1 Å². The molecule has 0 saturated carbocycles. The summed E-state index contributed by atoms with van der Waals surface area (Å²) in [4.78, 5) is 33.6. The summed E-state index contributed by atoms with van der Waals surface area (Å²) in [5.74, 6) is -1.43. The lowest BCUT2D eigenvalue weighted by atomic mass is 10.1. The first kappa shape index (κ1) is 17.2. The third-order valence-corrected chi connectivity index (χ3v) is 2.43. The Balaban J connectivity index is 3.92. The van der Waals surface area contributed by atoms with Crippen LogP contribution in [-0.2, 0) is 9.59 Å². The standard InChI is InChI=1S/C12H23N3O4/c1-4-6-13-9(16)5-7-14-12(19)15-10(8(2)3)11(17)18/h8,10H,4-7H2,1-3H3,(H,13,16)(H,17,18)(H2,14,15,19)/t10-/m1/s1. The summed E-state index contributed by atoms with van der Waals surface area (Å²) in [5.41, 5.74) is 0. The molecule has 0 aromatic rings.